The fourth-order valence-corrected chi connectivity index (χ4v) is 3.15. The average Bonchev–Trinajstić information content (AvgIpc) is 2.40. The molecule has 0 saturated heterocycles. The molecule has 0 saturated carbocycles. The van der Waals surface area contributed by atoms with Gasteiger partial charge in [-0.25, -0.2) is 0 Å². The van der Waals surface area contributed by atoms with Crippen LogP contribution in [0.15, 0.2) is 50.4 Å². The summed E-state index contributed by atoms with van der Waals surface area (Å²) in [5.41, 5.74) is 4.66. The molecule has 0 aliphatic heterocycles. The van der Waals surface area contributed by atoms with Crippen molar-refractivity contribution in [2.75, 3.05) is 5.43 Å². The Kier molecular flexibility index (Phi) is 5.93. The predicted octanol–water partition coefficient (Wildman–Crippen LogP) is 6.69. The first-order valence-electron chi connectivity index (χ1n) is 5.37. The van der Waals surface area contributed by atoms with Gasteiger partial charge in [0.2, 0.25) is 0 Å². The van der Waals surface area contributed by atoms with Crippen molar-refractivity contribution >= 4 is 81.3 Å². The average molecular weight is 502 g/mol. The van der Waals surface area contributed by atoms with Crippen LogP contribution < -0.4 is 5.43 Å². The fraction of sp³-hybridized carbons (Fsp3) is 0. The van der Waals surface area contributed by atoms with E-state index in [4.69, 9.17) is 23.2 Å². The molecule has 0 aromatic heterocycles. The lowest BCUT2D eigenvalue weighted by Crippen LogP contribution is -1.97. The van der Waals surface area contributed by atoms with Crippen LogP contribution in [0, 0.1) is 0 Å². The first-order valence-corrected chi connectivity index (χ1v) is 8.50. The molecular weight excluding hydrogens is 495 g/mol. The van der Waals surface area contributed by atoms with Gasteiger partial charge in [0.1, 0.15) is 4.62 Å². The van der Waals surface area contributed by atoms with Crippen LogP contribution in [0.3, 0.4) is 0 Å². The van der Waals surface area contributed by atoms with Gasteiger partial charge < -0.3 is 0 Å². The molecule has 0 unspecified atom stereocenters. The lowest BCUT2D eigenvalue weighted by molar-refractivity contribution is 1.33. The van der Waals surface area contributed by atoms with Gasteiger partial charge in [0.25, 0.3) is 0 Å². The van der Waals surface area contributed by atoms with E-state index in [1.807, 2.05) is 24.3 Å². The third-order valence-electron chi connectivity index (χ3n) is 2.36. The van der Waals surface area contributed by atoms with Crippen molar-refractivity contribution in [1.82, 2.24) is 0 Å². The fourth-order valence-electron chi connectivity index (χ4n) is 1.38. The van der Waals surface area contributed by atoms with Gasteiger partial charge in [0.15, 0.2) is 0 Å². The van der Waals surface area contributed by atoms with Crippen LogP contribution in [0.2, 0.25) is 10.0 Å². The van der Waals surface area contributed by atoms with Crippen molar-refractivity contribution in [1.29, 1.82) is 0 Å². The monoisotopic (exact) mass is 498 g/mol. The number of nitrogens with one attached hydrogen (secondary N) is 1. The van der Waals surface area contributed by atoms with E-state index in [-0.39, 0.29) is 0 Å². The van der Waals surface area contributed by atoms with E-state index in [0.717, 1.165) is 20.2 Å². The molecule has 0 amide bonds. The second kappa shape index (κ2) is 7.27. The summed E-state index contributed by atoms with van der Waals surface area (Å²) in [6.45, 7) is 0. The SMILES string of the molecule is Clc1ccc(/C(Br)=N/Nc2ccc(Br)cc2Br)cc1Cl. The van der Waals surface area contributed by atoms with Crippen LogP contribution in [-0.4, -0.2) is 4.62 Å². The van der Waals surface area contributed by atoms with Crippen LogP contribution in [0.25, 0.3) is 0 Å². The third-order valence-corrected chi connectivity index (χ3v) is 4.89. The van der Waals surface area contributed by atoms with Gasteiger partial charge in [-0.3, -0.25) is 5.43 Å². The molecular formula is C13H7Br3Cl2N2. The molecule has 20 heavy (non-hydrogen) atoms. The third kappa shape index (κ3) is 4.21. The van der Waals surface area contributed by atoms with Crippen molar-refractivity contribution in [3.8, 4) is 0 Å². The summed E-state index contributed by atoms with van der Waals surface area (Å²) in [4.78, 5) is 0. The zero-order valence-corrected chi connectivity index (χ0v) is 16.1. The number of rotatable bonds is 3. The van der Waals surface area contributed by atoms with Crippen molar-refractivity contribution in [3.63, 3.8) is 0 Å². The highest BCUT2D eigenvalue weighted by atomic mass is 79.9. The lowest BCUT2D eigenvalue weighted by Gasteiger charge is -2.06. The number of nitrogens with zero attached hydrogens (tertiary/aromatic N) is 1. The molecule has 7 heteroatoms. The molecule has 0 aliphatic carbocycles. The molecule has 0 heterocycles. The smallest absolute Gasteiger partial charge is 0.133 e. The Hall–Kier alpha value is -0.0700. The van der Waals surface area contributed by atoms with E-state index in [1.165, 1.54) is 0 Å². The normalized spacial score (nSPS) is 11.6. The van der Waals surface area contributed by atoms with Gasteiger partial charge in [0.05, 0.1) is 15.7 Å². The van der Waals surface area contributed by atoms with Gasteiger partial charge in [-0.05, 0) is 62.2 Å². The number of halogens is 5. The second-order valence-electron chi connectivity index (χ2n) is 3.77. The molecule has 0 spiro atoms. The van der Waals surface area contributed by atoms with Crippen molar-refractivity contribution in [2.45, 2.75) is 0 Å². The maximum atomic E-state index is 5.98. The predicted molar refractivity (Wildman–Crippen MR) is 97.4 cm³/mol. The molecule has 0 atom stereocenters. The highest BCUT2D eigenvalue weighted by Gasteiger charge is 2.04. The van der Waals surface area contributed by atoms with Gasteiger partial charge in [-0.1, -0.05) is 45.2 Å². The summed E-state index contributed by atoms with van der Waals surface area (Å²) in [6, 6.07) is 11.1. The molecule has 2 nitrogen and oxygen atoms in total. The van der Waals surface area contributed by atoms with Crippen LogP contribution in [0.4, 0.5) is 5.69 Å². The minimum Gasteiger partial charge on any atom is -0.276 e. The summed E-state index contributed by atoms with van der Waals surface area (Å²) in [5, 5.41) is 5.26. The maximum absolute atomic E-state index is 5.98. The quantitative estimate of drug-likeness (QED) is 0.368. The molecule has 2 rings (SSSR count). The standard InChI is InChI=1S/C13H7Br3Cl2N2/c14-8-2-4-12(9(15)6-8)19-20-13(16)7-1-3-10(17)11(18)5-7/h1-6,19H/b20-13-. The number of anilines is 1. The van der Waals surface area contributed by atoms with Gasteiger partial charge >= 0.3 is 0 Å². The first-order chi connectivity index (χ1) is 9.47. The van der Waals surface area contributed by atoms with E-state index >= 15 is 0 Å². The summed E-state index contributed by atoms with van der Waals surface area (Å²) in [6.07, 6.45) is 0. The van der Waals surface area contributed by atoms with E-state index < -0.39 is 0 Å². The second-order valence-corrected chi connectivity index (χ2v) is 7.10. The summed E-state index contributed by atoms with van der Waals surface area (Å²) in [5.74, 6) is 0. The Labute approximate surface area is 151 Å². The van der Waals surface area contributed by atoms with E-state index in [2.05, 4.69) is 58.3 Å². The molecule has 0 fully saturated rings. The Bertz CT molecular complexity index is 675. The molecule has 104 valence electrons. The number of benzene rings is 2. The maximum Gasteiger partial charge on any atom is 0.133 e. The van der Waals surface area contributed by atoms with E-state index in [1.54, 1.807) is 12.1 Å². The lowest BCUT2D eigenvalue weighted by atomic mass is 10.2. The highest BCUT2D eigenvalue weighted by Crippen LogP contribution is 2.27. The number of hydrogen-bond acceptors (Lipinski definition) is 2. The summed E-state index contributed by atoms with van der Waals surface area (Å²) in [7, 11) is 0. The topological polar surface area (TPSA) is 24.4 Å². The Balaban J connectivity index is 2.20. The van der Waals surface area contributed by atoms with Crippen LogP contribution in [0.1, 0.15) is 5.56 Å². The molecule has 0 bridgehead atoms. The Morgan fingerprint density at radius 3 is 2.40 bits per heavy atom. The Morgan fingerprint density at radius 2 is 1.75 bits per heavy atom. The number of hydrazone groups is 1. The van der Waals surface area contributed by atoms with Gasteiger partial charge in [-0.2, -0.15) is 5.10 Å². The highest BCUT2D eigenvalue weighted by molar-refractivity contribution is 9.18. The van der Waals surface area contributed by atoms with Crippen LogP contribution in [0.5, 0.6) is 0 Å². The van der Waals surface area contributed by atoms with Gasteiger partial charge in [-0.15, -0.1) is 0 Å². The minimum atomic E-state index is 0.487. The zero-order chi connectivity index (χ0) is 14.7. The molecule has 0 aliphatic rings. The van der Waals surface area contributed by atoms with Crippen molar-refractivity contribution in [3.05, 3.63) is 61.0 Å². The molecule has 2 aromatic carbocycles. The molecule has 2 aromatic rings. The van der Waals surface area contributed by atoms with Crippen molar-refractivity contribution in [2.24, 2.45) is 5.10 Å². The Morgan fingerprint density at radius 1 is 1.00 bits per heavy atom. The summed E-state index contributed by atoms with van der Waals surface area (Å²) < 4.78 is 2.53. The number of hydrogen-bond donors (Lipinski definition) is 1. The van der Waals surface area contributed by atoms with E-state index in [0.29, 0.717) is 14.7 Å². The first kappa shape index (κ1) is 16.3. The largest absolute Gasteiger partial charge is 0.276 e. The van der Waals surface area contributed by atoms with Gasteiger partial charge in [0, 0.05) is 14.5 Å². The van der Waals surface area contributed by atoms with Crippen LogP contribution in [-0.2, 0) is 0 Å². The van der Waals surface area contributed by atoms with E-state index in [9.17, 15) is 0 Å². The molecule has 0 radical (unpaired) electrons. The van der Waals surface area contributed by atoms with Crippen LogP contribution >= 0.6 is 71.0 Å². The summed E-state index contributed by atoms with van der Waals surface area (Å²) >= 11 is 22.1. The zero-order valence-electron chi connectivity index (χ0n) is 9.80. The molecule has 1 N–H and O–H groups in total. The van der Waals surface area contributed by atoms with Crippen molar-refractivity contribution < 1.29 is 0 Å². The minimum absolute atomic E-state index is 0.487.